The van der Waals surface area contributed by atoms with Crippen molar-refractivity contribution in [2.75, 3.05) is 11.4 Å². The van der Waals surface area contributed by atoms with Crippen molar-refractivity contribution in [1.82, 2.24) is 5.32 Å². The SMILES string of the molecule is CC(C)(C)CNC(=O)N1c2ccccc2CC1C(=O)O. The van der Waals surface area contributed by atoms with Crippen LogP contribution in [-0.2, 0) is 11.2 Å². The number of anilines is 1. The molecule has 5 heteroatoms. The van der Waals surface area contributed by atoms with Gasteiger partial charge >= 0.3 is 12.0 Å². The molecular weight excluding hydrogens is 256 g/mol. The molecule has 1 aliphatic heterocycles. The maximum atomic E-state index is 12.3. The molecule has 0 radical (unpaired) electrons. The quantitative estimate of drug-likeness (QED) is 0.870. The van der Waals surface area contributed by atoms with Crippen molar-refractivity contribution in [3.05, 3.63) is 29.8 Å². The molecule has 1 heterocycles. The number of benzene rings is 1. The molecule has 0 aromatic heterocycles. The second-order valence-corrected chi connectivity index (χ2v) is 6.28. The summed E-state index contributed by atoms with van der Waals surface area (Å²) < 4.78 is 0. The van der Waals surface area contributed by atoms with Crippen LogP contribution in [0.15, 0.2) is 24.3 Å². The summed E-state index contributed by atoms with van der Waals surface area (Å²) in [4.78, 5) is 25.0. The van der Waals surface area contributed by atoms with Gasteiger partial charge in [0.15, 0.2) is 0 Å². The molecule has 2 N–H and O–H groups in total. The molecule has 0 aliphatic carbocycles. The van der Waals surface area contributed by atoms with E-state index >= 15 is 0 Å². The molecule has 2 rings (SSSR count). The lowest BCUT2D eigenvalue weighted by molar-refractivity contribution is -0.138. The smallest absolute Gasteiger partial charge is 0.327 e. The molecule has 0 saturated heterocycles. The Morgan fingerprint density at radius 3 is 2.60 bits per heavy atom. The van der Waals surface area contributed by atoms with Gasteiger partial charge in [0.05, 0.1) is 0 Å². The van der Waals surface area contributed by atoms with Crippen molar-refractivity contribution in [3.8, 4) is 0 Å². The van der Waals surface area contributed by atoms with Gasteiger partial charge in [-0.2, -0.15) is 0 Å². The van der Waals surface area contributed by atoms with E-state index in [1.165, 1.54) is 4.90 Å². The standard InChI is InChI=1S/C15H20N2O3/c1-15(2,3)9-16-14(20)17-11-7-5-4-6-10(11)8-12(17)13(18)19/h4-7,12H,8-9H2,1-3H3,(H,16,20)(H,18,19). The van der Waals surface area contributed by atoms with Crippen LogP contribution >= 0.6 is 0 Å². The fourth-order valence-electron chi connectivity index (χ4n) is 2.26. The lowest BCUT2D eigenvalue weighted by atomic mass is 9.97. The molecule has 1 aromatic carbocycles. The van der Waals surface area contributed by atoms with Crippen molar-refractivity contribution in [3.63, 3.8) is 0 Å². The minimum atomic E-state index is -0.980. The minimum absolute atomic E-state index is 0.0480. The van der Waals surface area contributed by atoms with Gasteiger partial charge in [0, 0.05) is 18.7 Å². The van der Waals surface area contributed by atoms with Crippen LogP contribution < -0.4 is 10.2 Å². The van der Waals surface area contributed by atoms with Crippen molar-refractivity contribution in [2.45, 2.75) is 33.2 Å². The van der Waals surface area contributed by atoms with Gasteiger partial charge in [-0.1, -0.05) is 39.0 Å². The highest BCUT2D eigenvalue weighted by molar-refractivity contribution is 6.01. The molecule has 5 nitrogen and oxygen atoms in total. The lowest BCUT2D eigenvalue weighted by Gasteiger charge is -2.26. The predicted molar refractivity (Wildman–Crippen MR) is 76.9 cm³/mol. The van der Waals surface area contributed by atoms with Gasteiger partial charge in [-0.05, 0) is 17.0 Å². The van der Waals surface area contributed by atoms with Crippen LogP contribution in [0.5, 0.6) is 0 Å². The highest BCUT2D eigenvalue weighted by Crippen LogP contribution is 2.32. The molecule has 1 unspecified atom stereocenters. The highest BCUT2D eigenvalue weighted by atomic mass is 16.4. The third kappa shape index (κ3) is 2.92. The van der Waals surface area contributed by atoms with Crippen LogP contribution in [0, 0.1) is 5.41 Å². The summed E-state index contributed by atoms with van der Waals surface area (Å²) in [6, 6.07) is 6.14. The third-order valence-electron chi connectivity index (χ3n) is 3.25. The van der Waals surface area contributed by atoms with E-state index in [0.717, 1.165) is 5.56 Å². The van der Waals surface area contributed by atoms with Crippen LogP contribution in [0.1, 0.15) is 26.3 Å². The molecule has 0 saturated carbocycles. The number of carboxylic acids is 1. The Bertz CT molecular complexity index is 534. The van der Waals surface area contributed by atoms with E-state index in [1.807, 2.05) is 39.0 Å². The number of hydrogen-bond acceptors (Lipinski definition) is 2. The largest absolute Gasteiger partial charge is 0.480 e. The van der Waals surface area contributed by atoms with E-state index in [9.17, 15) is 14.7 Å². The van der Waals surface area contributed by atoms with Crippen LogP contribution in [0.2, 0.25) is 0 Å². The first-order valence-electron chi connectivity index (χ1n) is 6.67. The van der Waals surface area contributed by atoms with Gasteiger partial charge in [-0.15, -0.1) is 0 Å². The molecule has 2 amide bonds. The van der Waals surface area contributed by atoms with Gasteiger partial charge in [-0.25, -0.2) is 9.59 Å². The van der Waals surface area contributed by atoms with E-state index in [2.05, 4.69) is 5.32 Å². The first-order valence-corrected chi connectivity index (χ1v) is 6.67. The summed E-state index contributed by atoms with van der Waals surface area (Å²) >= 11 is 0. The maximum Gasteiger partial charge on any atom is 0.327 e. The number of nitrogens with zero attached hydrogens (tertiary/aromatic N) is 1. The van der Waals surface area contributed by atoms with E-state index in [1.54, 1.807) is 6.07 Å². The van der Waals surface area contributed by atoms with Gasteiger partial charge in [0.1, 0.15) is 6.04 Å². The second-order valence-electron chi connectivity index (χ2n) is 6.28. The number of nitrogens with one attached hydrogen (secondary N) is 1. The molecule has 1 aromatic rings. The summed E-state index contributed by atoms with van der Waals surface area (Å²) in [5.41, 5.74) is 1.53. The summed E-state index contributed by atoms with van der Waals surface area (Å²) in [5.74, 6) is -0.980. The zero-order valence-corrected chi connectivity index (χ0v) is 12.0. The molecule has 0 spiro atoms. The summed E-state index contributed by atoms with van der Waals surface area (Å²) in [5, 5.41) is 12.1. The molecule has 1 atom stereocenters. The number of carbonyl (C=O) groups excluding carboxylic acids is 1. The van der Waals surface area contributed by atoms with Gasteiger partial charge in [0.25, 0.3) is 0 Å². The number of fused-ring (bicyclic) bond motifs is 1. The normalized spacial score (nSPS) is 17.8. The van der Waals surface area contributed by atoms with E-state index < -0.39 is 12.0 Å². The zero-order chi connectivity index (χ0) is 14.9. The number of amides is 2. The number of aliphatic carboxylic acids is 1. The highest BCUT2D eigenvalue weighted by Gasteiger charge is 2.38. The Labute approximate surface area is 118 Å². The molecule has 0 fully saturated rings. The molecule has 0 bridgehead atoms. The summed E-state index contributed by atoms with van der Waals surface area (Å²) in [6.07, 6.45) is 0.356. The number of urea groups is 1. The number of rotatable bonds is 2. The number of carbonyl (C=O) groups is 2. The zero-order valence-electron chi connectivity index (χ0n) is 12.0. The van der Waals surface area contributed by atoms with Gasteiger partial charge < -0.3 is 10.4 Å². The average Bonchev–Trinajstić information content (AvgIpc) is 2.74. The Balaban J connectivity index is 2.22. The topological polar surface area (TPSA) is 69.6 Å². The molecule has 1 aliphatic rings. The monoisotopic (exact) mass is 276 g/mol. The number of carboxylic acid groups (broad SMARTS) is 1. The summed E-state index contributed by atoms with van der Waals surface area (Å²) in [7, 11) is 0. The Morgan fingerprint density at radius 2 is 2.00 bits per heavy atom. The van der Waals surface area contributed by atoms with Crippen molar-refractivity contribution >= 4 is 17.7 Å². The summed E-state index contributed by atoms with van der Waals surface area (Å²) in [6.45, 7) is 6.54. The molecule has 20 heavy (non-hydrogen) atoms. The second kappa shape index (κ2) is 5.15. The first-order chi connectivity index (χ1) is 9.29. The Morgan fingerprint density at radius 1 is 1.35 bits per heavy atom. The fraction of sp³-hybridized carbons (Fsp3) is 0.467. The number of hydrogen-bond donors (Lipinski definition) is 2. The van der Waals surface area contributed by atoms with Gasteiger partial charge in [-0.3, -0.25) is 4.90 Å². The Kier molecular flexibility index (Phi) is 3.70. The van der Waals surface area contributed by atoms with Crippen molar-refractivity contribution in [2.24, 2.45) is 5.41 Å². The van der Waals surface area contributed by atoms with Crippen LogP contribution in [-0.4, -0.2) is 29.7 Å². The third-order valence-corrected chi connectivity index (χ3v) is 3.25. The molecule has 108 valence electrons. The van der Waals surface area contributed by atoms with Crippen molar-refractivity contribution in [1.29, 1.82) is 0 Å². The first kappa shape index (κ1) is 14.4. The van der Waals surface area contributed by atoms with E-state index in [4.69, 9.17) is 0 Å². The molecular formula is C15H20N2O3. The predicted octanol–water partition coefficient (Wildman–Crippen LogP) is 2.26. The van der Waals surface area contributed by atoms with Crippen LogP contribution in [0.25, 0.3) is 0 Å². The van der Waals surface area contributed by atoms with Crippen LogP contribution in [0.3, 0.4) is 0 Å². The van der Waals surface area contributed by atoms with E-state index in [-0.39, 0.29) is 11.4 Å². The average molecular weight is 276 g/mol. The Hall–Kier alpha value is -2.04. The fourth-order valence-corrected chi connectivity index (χ4v) is 2.26. The van der Waals surface area contributed by atoms with E-state index in [0.29, 0.717) is 18.7 Å². The minimum Gasteiger partial charge on any atom is -0.480 e. The van der Waals surface area contributed by atoms with Gasteiger partial charge in [0.2, 0.25) is 0 Å². The van der Waals surface area contributed by atoms with Crippen molar-refractivity contribution < 1.29 is 14.7 Å². The lowest BCUT2D eigenvalue weighted by Crippen LogP contribution is -2.49. The maximum absolute atomic E-state index is 12.3. The number of para-hydroxylation sites is 1. The van der Waals surface area contributed by atoms with Crippen LogP contribution in [0.4, 0.5) is 10.5 Å².